The summed E-state index contributed by atoms with van der Waals surface area (Å²) in [5, 5.41) is 12.0. The number of carbonyl (C=O) groups excluding carboxylic acids is 1. The standard InChI is InChI=1S/C26H20N2O2/c1-3-13-27-15-19(17-9-5-7-11-21(17)27)23-25(29)24(26(23)30)20-16-28(14-4-2)22-12-8-6-10-18(20)22/h3-12,15-16H,1-2,13-14H2/p+1. The number of Topliss-reactive ketones (excluding diaryl/α,β-unsaturated/α-hetero) is 1. The molecule has 0 unspecified atom stereocenters. The van der Waals surface area contributed by atoms with Crippen LogP contribution in [0.3, 0.4) is 0 Å². The maximum Gasteiger partial charge on any atom is 0.213 e. The summed E-state index contributed by atoms with van der Waals surface area (Å²) in [6.45, 7) is 8.90. The zero-order chi connectivity index (χ0) is 20.8. The predicted molar refractivity (Wildman–Crippen MR) is 121 cm³/mol. The van der Waals surface area contributed by atoms with Crippen LogP contribution in [0.5, 0.6) is 0 Å². The minimum atomic E-state index is -0.129. The molecule has 2 aromatic carbocycles. The molecule has 0 amide bonds. The van der Waals surface area contributed by atoms with Crippen LogP contribution in [-0.4, -0.2) is 32.8 Å². The Morgan fingerprint density at radius 1 is 0.967 bits per heavy atom. The third-order valence-electron chi connectivity index (χ3n) is 5.70. The fourth-order valence-electron chi connectivity index (χ4n) is 4.37. The molecule has 146 valence electrons. The Bertz CT molecular complexity index is 1350. The number of carbonyl (C=O) groups is 1. The average Bonchev–Trinajstić information content (AvgIpc) is 3.29. The summed E-state index contributed by atoms with van der Waals surface area (Å²) in [6.07, 6.45) is 7.49. The average molecular weight is 393 g/mol. The van der Waals surface area contributed by atoms with E-state index in [2.05, 4.69) is 13.2 Å². The largest absolute Gasteiger partial charge is 0.506 e. The zero-order valence-electron chi connectivity index (χ0n) is 16.5. The fourth-order valence-corrected chi connectivity index (χ4v) is 4.37. The Labute approximate surface area is 174 Å². The lowest BCUT2D eigenvalue weighted by Gasteiger charge is -2.22. The lowest BCUT2D eigenvalue weighted by molar-refractivity contribution is -0.419. The topological polar surface area (TPSA) is 45.2 Å². The number of aromatic nitrogens is 1. The summed E-state index contributed by atoms with van der Waals surface area (Å²) < 4.78 is 4.08. The molecule has 4 nitrogen and oxygen atoms in total. The van der Waals surface area contributed by atoms with E-state index < -0.39 is 0 Å². The molecule has 0 spiro atoms. The Kier molecular flexibility index (Phi) is 4.14. The van der Waals surface area contributed by atoms with Gasteiger partial charge in [-0.25, -0.2) is 0 Å². The summed E-state index contributed by atoms with van der Waals surface area (Å²) in [5.41, 5.74) is 5.24. The molecular formula is C26H21N2O2+. The van der Waals surface area contributed by atoms with E-state index >= 15 is 0 Å². The number of fused-ring (bicyclic) bond motifs is 2. The Hall–Kier alpha value is -3.92. The van der Waals surface area contributed by atoms with E-state index in [0.29, 0.717) is 24.2 Å². The summed E-state index contributed by atoms with van der Waals surface area (Å²) in [7, 11) is 0. The van der Waals surface area contributed by atoms with Gasteiger partial charge in [-0.1, -0.05) is 43.0 Å². The van der Waals surface area contributed by atoms with E-state index in [4.69, 9.17) is 0 Å². The van der Waals surface area contributed by atoms with Crippen LogP contribution in [0, 0.1) is 0 Å². The molecule has 0 saturated heterocycles. The van der Waals surface area contributed by atoms with Gasteiger partial charge in [-0.2, -0.15) is 4.58 Å². The number of para-hydroxylation sites is 2. The van der Waals surface area contributed by atoms with Crippen molar-refractivity contribution in [3.8, 4) is 0 Å². The summed E-state index contributed by atoms with van der Waals surface area (Å²) >= 11 is 0. The Balaban J connectivity index is 1.70. The minimum absolute atomic E-state index is 0.0583. The van der Waals surface area contributed by atoms with Gasteiger partial charge in [0, 0.05) is 35.3 Å². The monoisotopic (exact) mass is 393 g/mol. The number of aliphatic hydroxyl groups excluding tert-OH is 1. The first-order chi connectivity index (χ1) is 14.7. The number of hydrogen-bond donors (Lipinski definition) is 1. The molecule has 30 heavy (non-hydrogen) atoms. The normalized spacial score (nSPS) is 17.7. The highest BCUT2D eigenvalue weighted by Gasteiger charge is 2.41. The van der Waals surface area contributed by atoms with Gasteiger partial charge in [0.2, 0.25) is 11.5 Å². The fraction of sp³-hybridized carbons (Fsp3) is 0.0769. The third-order valence-corrected chi connectivity index (χ3v) is 5.70. The number of rotatable bonds is 5. The van der Waals surface area contributed by atoms with E-state index in [1.54, 1.807) is 0 Å². The van der Waals surface area contributed by atoms with Gasteiger partial charge in [0.1, 0.15) is 5.76 Å². The molecular weight excluding hydrogens is 372 g/mol. The number of hydrogen-bond acceptors (Lipinski definition) is 2. The molecule has 0 atom stereocenters. The van der Waals surface area contributed by atoms with Crippen LogP contribution >= 0.6 is 0 Å². The van der Waals surface area contributed by atoms with Gasteiger partial charge in [0.15, 0.2) is 12.8 Å². The highest BCUT2D eigenvalue weighted by atomic mass is 16.3. The maximum absolute atomic E-state index is 13.3. The van der Waals surface area contributed by atoms with Crippen LogP contribution in [0.2, 0.25) is 0 Å². The van der Waals surface area contributed by atoms with Crippen LogP contribution in [0.1, 0.15) is 11.1 Å². The molecule has 0 saturated carbocycles. The first-order valence-corrected chi connectivity index (χ1v) is 9.89. The van der Waals surface area contributed by atoms with Crippen LogP contribution < -0.4 is 0 Å². The second-order valence-corrected chi connectivity index (χ2v) is 7.43. The molecule has 5 rings (SSSR count). The molecule has 0 fully saturated rings. The molecule has 0 bridgehead atoms. The van der Waals surface area contributed by atoms with Gasteiger partial charge >= 0.3 is 0 Å². The molecule has 4 heteroatoms. The summed E-state index contributed by atoms with van der Waals surface area (Å²) in [6, 6.07) is 15.8. The molecule has 2 aliphatic rings. The van der Waals surface area contributed by atoms with Crippen molar-refractivity contribution in [1.29, 1.82) is 0 Å². The number of aliphatic hydroxyl groups is 1. The molecule has 2 heterocycles. The quantitative estimate of drug-likeness (QED) is 0.375. The third kappa shape index (κ3) is 2.47. The first kappa shape index (κ1) is 18.1. The van der Waals surface area contributed by atoms with E-state index in [-0.39, 0.29) is 11.5 Å². The number of benzene rings is 2. The highest BCUT2D eigenvalue weighted by Crippen LogP contribution is 2.45. The lowest BCUT2D eigenvalue weighted by atomic mass is 9.80. The smallest absolute Gasteiger partial charge is 0.213 e. The maximum atomic E-state index is 13.3. The zero-order valence-corrected chi connectivity index (χ0v) is 16.5. The predicted octanol–water partition coefficient (Wildman–Crippen LogP) is 5.05. The molecule has 1 aliphatic carbocycles. The Morgan fingerprint density at radius 3 is 2.50 bits per heavy atom. The summed E-state index contributed by atoms with van der Waals surface area (Å²) in [5.74, 6) is -0.0708. The molecule has 1 aliphatic heterocycles. The van der Waals surface area contributed by atoms with Crippen molar-refractivity contribution >= 4 is 39.7 Å². The molecule has 0 radical (unpaired) electrons. The van der Waals surface area contributed by atoms with Crippen molar-refractivity contribution in [2.24, 2.45) is 0 Å². The Morgan fingerprint density at radius 2 is 1.73 bits per heavy atom. The number of nitrogens with zero attached hydrogens (tertiary/aromatic N) is 2. The van der Waals surface area contributed by atoms with Crippen LogP contribution in [0.4, 0.5) is 5.69 Å². The van der Waals surface area contributed by atoms with Gasteiger partial charge in [0.05, 0.1) is 22.3 Å². The van der Waals surface area contributed by atoms with Gasteiger partial charge in [-0.05, 0) is 18.2 Å². The molecule has 1 aromatic heterocycles. The van der Waals surface area contributed by atoms with Crippen LogP contribution in [0.25, 0.3) is 22.0 Å². The van der Waals surface area contributed by atoms with Gasteiger partial charge in [-0.3, -0.25) is 4.79 Å². The second kappa shape index (κ2) is 6.85. The van der Waals surface area contributed by atoms with Crippen molar-refractivity contribution < 1.29 is 14.5 Å². The lowest BCUT2D eigenvalue weighted by Crippen LogP contribution is -2.22. The van der Waals surface area contributed by atoms with Gasteiger partial charge < -0.3 is 9.67 Å². The number of allylic oxidation sites excluding steroid dienone is 4. The molecule has 3 aromatic rings. The minimum Gasteiger partial charge on any atom is -0.506 e. The first-order valence-electron chi connectivity index (χ1n) is 9.89. The number of ketones is 1. The van der Waals surface area contributed by atoms with Crippen molar-refractivity contribution in [2.45, 2.75) is 6.54 Å². The van der Waals surface area contributed by atoms with Crippen LogP contribution in [-0.2, 0) is 11.3 Å². The van der Waals surface area contributed by atoms with Crippen LogP contribution in [0.15, 0.2) is 91.4 Å². The highest BCUT2D eigenvalue weighted by molar-refractivity contribution is 6.45. The SMILES string of the molecule is C=CCn1cc(C2=C(O)/C(=C3/C=[N+](CC=C)c4ccccc43)C2=O)c2ccccc21. The summed E-state index contributed by atoms with van der Waals surface area (Å²) in [4.78, 5) is 13.3. The van der Waals surface area contributed by atoms with Crippen molar-refractivity contribution in [2.75, 3.05) is 6.54 Å². The van der Waals surface area contributed by atoms with E-state index in [1.165, 1.54) is 0 Å². The van der Waals surface area contributed by atoms with E-state index in [1.807, 2.05) is 82.2 Å². The van der Waals surface area contributed by atoms with E-state index in [9.17, 15) is 9.90 Å². The van der Waals surface area contributed by atoms with Crippen molar-refractivity contribution in [3.05, 3.63) is 102 Å². The van der Waals surface area contributed by atoms with Gasteiger partial charge in [-0.15, -0.1) is 6.58 Å². The van der Waals surface area contributed by atoms with Crippen molar-refractivity contribution in [1.82, 2.24) is 4.57 Å². The van der Waals surface area contributed by atoms with Crippen molar-refractivity contribution in [3.63, 3.8) is 0 Å². The van der Waals surface area contributed by atoms with E-state index in [0.717, 1.165) is 33.3 Å². The van der Waals surface area contributed by atoms with Gasteiger partial charge in [0.25, 0.3) is 0 Å². The second-order valence-electron chi connectivity index (χ2n) is 7.43. The molecule has 1 N–H and O–H groups in total.